The van der Waals surface area contributed by atoms with Crippen LogP contribution < -0.4 is 0 Å². The lowest BCUT2D eigenvalue weighted by atomic mass is 9.98. The van der Waals surface area contributed by atoms with E-state index in [1.165, 1.54) is 9.58 Å². The molecule has 0 aromatic carbocycles. The summed E-state index contributed by atoms with van der Waals surface area (Å²) in [5, 5.41) is 4.36. The molecule has 0 saturated heterocycles. The minimum atomic E-state index is -3.10. The van der Waals surface area contributed by atoms with Gasteiger partial charge in [0.25, 0.3) is 12.3 Å². The summed E-state index contributed by atoms with van der Waals surface area (Å²) in [6, 6.07) is 0. The molecule has 164 valence electrons. The summed E-state index contributed by atoms with van der Waals surface area (Å²) >= 11 is 0. The van der Waals surface area contributed by atoms with E-state index in [4.69, 9.17) is 9.47 Å². The van der Waals surface area contributed by atoms with Crippen LogP contribution in [0.1, 0.15) is 49.6 Å². The summed E-state index contributed by atoms with van der Waals surface area (Å²) in [6.07, 6.45) is -1.33. The zero-order valence-electron chi connectivity index (χ0n) is 16.5. The van der Waals surface area contributed by atoms with Crippen LogP contribution in [0, 0.1) is 5.92 Å². The molecule has 1 unspecified atom stereocenters. The summed E-state index contributed by atoms with van der Waals surface area (Å²) in [6.45, 7) is 2.16. The molecular weight excluding hydrogens is 394 g/mol. The smallest absolute Gasteiger partial charge is 0.410 e. The molecule has 0 fully saturated rings. The number of rotatable bonds is 7. The molecule has 6 nitrogen and oxygen atoms in total. The van der Waals surface area contributed by atoms with Crippen LogP contribution in [0.4, 0.5) is 22.4 Å². The number of carbonyl (C=O) groups is 1. The SMILES string of the molecule is CCCCOC(=O)N1CCc2nn3c(c2C1)C(F)(F)CCC(COCC(F)F)C3. The molecule has 1 aromatic heterocycles. The summed E-state index contributed by atoms with van der Waals surface area (Å²) in [5.74, 6) is -3.43. The van der Waals surface area contributed by atoms with Crippen LogP contribution in [0.15, 0.2) is 0 Å². The van der Waals surface area contributed by atoms with Gasteiger partial charge in [0.2, 0.25) is 0 Å². The molecule has 1 amide bonds. The van der Waals surface area contributed by atoms with E-state index < -0.39 is 31.5 Å². The van der Waals surface area contributed by atoms with E-state index in [-0.39, 0.29) is 37.7 Å². The quantitative estimate of drug-likeness (QED) is 0.494. The number of hydrogen-bond acceptors (Lipinski definition) is 4. The van der Waals surface area contributed by atoms with Crippen LogP contribution in [0.5, 0.6) is 0 Å². The first-order valence-electron chi connectivity index (χ1n) is 10.1. The molecule has 0 aliphatic carbocycles. The Bertz CT molecular complexity index is 711. The first kappa shape index (κ1) is 21.9. The van der Waals surface area contributed by atoms with Crippen molar-refractivity contribution in [2.24, 2.45) is 5.92 Å². The molecule has 0 N–H and O–H groups in total. The second kappa shape index (κ2) is 9.32. The van der Waals surface area contributed by atoms with Crippen LogP contribution in [0.3, 0.4) is 0 Å². The largest absolute Gasteiger partial charge is 0.449 e. The molecule has 29 heavy (non-hydrogen) atoms. The van der Waals surface area contributed by atoms with Gasteiger partial charge >= 0.3 is 6.09 Å². The highest BCUT2D eigenvalue weighted by Gasteiger charge is 2.44. The first-order chi connectivity index (χ1) is 13.8. The van der Waals surface area contributed by atoms with Gasteiger partial charge in [0.1, 0.15) is 12.3 Å². The average molecular weight is 421 g/mol. The highest BCUT2D eigenvalue weighted by molar-refractivity contribution is 5.68. The Morgan fingerprint density at radius 2 is 2.17 bits per heavy atom. The van der Waals surface area contributed by atoms with Gasteiger partial charge in [-0.2, -0.15) is 13.9 Å². The number of nitrogens with zero attached hydrogens (tertiary/aromatic N) is 3. The number of carbonyl (C=O) groups excluding carboxylic acids is 1. The standard InChI is InChI=1S/C19H27F4N3O3/c1-2-3-8-29-18(27)25-7-5-15-14(10-25)17-19(22,23)6-4-13(9-26(17)24-15)11-28-12-16(20)21/h13,16H,2-12H2,1H3. The van der Waals surface area contributed by atoms with Gasteiger partial charge in [0.05, 0.1) is 25.5 Å². The third-order valence-electron chi connectivity index (χ3n) is 5.32. The highest BCUT2D eigenvalue weighted by atomic mass is 19.3. The molecule has 0 saturated carbocycles. The topological polar surface area (TPSA) is 56.6 Å². The summed E-state index contributed by atoms with van der Waals surface area (Å²) in [5.41, 5.74) is 0.768. The van der Waals surface area contributed by atoms with Crippen molar-refractivity contribution < 1.29 is 31.8 Å². The zero-order chi connectivity index (χ0) is 21.0. The molecule has 10 heteroatoms. The van der Waals surface area contributed by atoms with Gasteiger partial charge in [-0.3, -0.25) is 4.68 Å². The van der Waals surface area contributed by atoms with Crippen LogP contribution in [-0.2, 0) is 34.9 Å². The van der Waals surface area contributed by atoms with Crippen molar-refractivity contribution in [2.75, 3.05) is 26.4 Å². The van der Waals surface area contributed by atoms with E-state index >= 15 is 0 Å². The molecule has 0 radical (unpaired) electrons. The predicted octanol–water partition coefficient (Wildman–Crippen LogP) is 3.96. The van der Waals surface area contributed by atoms with Crippen LogP contribution in [0.2, 0.25) is 0 Å². The Hall–Kier alpha value is -1.84. The van der Waals surface area contributed by atoms with Gasteiger partial charge in [-0.15, -0.1) is 0 Å². The van der Waals surface area contributed by atoms with Crippen molar-refractivity contribution >= 4 is 6.09 Å². The molecule has 2 aliphatic rings. The maximum absolute atomic E-state index is 14.9. The minimum absolute atomic E-state index is 0.0136. The van der Waals surface area contributed by atoms with Crippen molar-refractivity contribution in [3.8, 4) is 0 Å². The maximum atomic E-state index is 14.9. The number of unbranched alkanes of at least 4 members (excludes halogenated alkanes) is 1. The molecule has 0 spiro atoms. The predicted molar refractivity (Wildman–Crippen MR) is 96.0 cm³/mol. The lowest BCUT2D eigenvalue weighted by Gasteiger charge is -2.27. The lowest BCUT2D eigenvalue weighted by molar-refractivity contribution is -0.0274. The molecule has 2 aliphatic heterocycles. The fraction of sp³-hybridized carbons (Fsp3) is 0.789. The van der Waals surface area contributed by atoms with Crippen molar-refractivity contribution in [1.82, 2.24) is 14.7 Å². The van der Waals surface area contributed by atoms with E-state index in [0.717, 1.165) is 12.8 Å². The average Bonchev–Trinajstić information content (AvgIpc) is 2.97. The highest BCUT2D eigenvalue weighted by Crippen LogP contribution is 2.41. The number of fused-ring (bicyclic) bond motifs is 3. The van der Waals surface area contributed by atoms with E-state index in [0.29, 0.717) is 30.8 Å². The third-order valence-corrected chi connectivity index (χ3v) is 5.32. The van der Waals surface area contributed by atoms with Crippen molar-refractivity contribution in [2.45, 2.75) is 64.5 Å². The van der Waals surface area contributed by atoms with Gasteiger partial charge in [-0.1, -0.05) is 13.3 Å². The third kappa shape index (κ3) is 5.21. The summed E-state index contributed by atoms with van der Waals surface area (Å²) in [7, 11) is 0. The number of halogens is 4. The molecule has 3 heterocycles. The molecular formula is C19H27F4N3O3. The van der Waals surface area contributed by atoms with Gasteiger partial charge in [0.15, 0.2) is 0 Å². The Balaban J connectivity index is 1.74. The maximum Gasteiger partial charge on any atom is 0.410 e. The minimum Gasteiger partial charge on any atom is -0.449 e. The number of aromatic nitrogens is 2. The Kier molecular flexibility index (Phi) is 7.02. The van der Waals surface area contributed by atoms with Crippen LogP contribution in [0.25, 0.3) is 0 Å². The van der Waals surface area contributed by atoms with Crippen molar-refractivity contribution in [1.29, 1.82) is 0 Å². The van der Waals surface area contributed by atoms with Gasteiger partial charge < -0.3 is 14.4 Å². The van der Waals surface area contributed by atoms with Gasteiger partial charge in [-0.05, 0) is 12.8 Å². The Morgan fingerprint density at radius 1 is 1.38 bits per heavy atom. The van der Waals surface area contributed by atoms with Gasteiger partial charge in [0, 0.05) is 37.4 Å². The first-order valence-corrected chi connectivity index (χ1v) is 10.1. The van der Waals surface area contributed by atoms with Crippen molar-refractivity contribution in [3.63, 3.8) is 0 Å². The summed E-state index contributed by atoms with van der Waals surface area (Å²) in [4.78, 5) is 13.7. The van der Waals surface area contributed by atoms with E-state index in [9.17, 15) is 22.4 Å². The van der Waals surface area contributed by atoms with Crippen LogP contribution in [-0.4, -0.2) is 53.6 Å². The fourth-order valence-electron chi connectivity index (χ4n) is 3.82. The molecule has 1 aromatic rings. The van der Waals surface area contributed by atoms with Gasteiger partial charge in [-0.25, -0.2) is 13.6 Å². The number of hydrogen-bond donors (Lipinski definition) is 0. The molecule has 3 rings (SSSR count). The Labute approximate surface area is 167 Å². The Morgan fingerprint density at radius 3 is 2.90 bits per heavy atom. The number of alkyl halides is 4. The molecule has 1 atom stereocenters. The molecule has 0 bridgehead atoms. The van der Waals surface area contributed by atoms with Crippen molar-refractivity contribution in [3.05, 3.63) is 17.0 Å². The summed E-state index contributed by atoms with van der Waals surface area (Å²) < 4.78 is 65.9. The number of amides is 1. The second-order valence-corrected chi connectivity index (χ2v) is 7.63. The second-order valence-electron chi connectivity index (χ2n) is 7.63. The normalized spacial score (nSPS) is 20.9. The fourth-order valence-corrected chi connectivity index (χ4v) is 3.82. The van der Waals surface area contributed by atoms with Crippen LogP contribution >= 0.6 is 0 Å². The van der Waals surface area contributed by atoms with E-state index in [2.05, 4.69) is 5.10 Å². The number of ether oxygens (including phenoxy) is 2. The van der Waals surface area contributed by atoms with E-state index in [1.54, 1.807) is 0 Å². The zero-order valence-corrected chi connectivity index (χ0v) is 16.5. The van der Waals surface area contributed by atoms with E-state index in [1.807, 2.05) is 6.92 Å². The monoisotopic (exact) mass is 421 g/mol. The lowest BCUT2D eigenvalue weighted by Crippen LogP contribution is -2.37.